The number of nitrogen functional groups attached to an aromatic ring is 1. The van der Waals surface area contributed by atoms with Crippen LogP contribution in [0.15, 0.2) is 27.8 Å². The van der Waals surface area contributed by atoms with Crippen LogP contribution in [-0.4, -0.2) is 6.54 Å². The zero-order valence-electron chi connectivity index (χ0n) is 11.6. The first kappa shape index (κ1) is 12.9. The fraction of sp³-hybridized carbons (Fsp3) is 0.375. The van der Waals surface area contributed by atoms with E-state index in [1.165, 1.54) is 11.1 Å². The summed E-state index contributed by atoms with van der Waals surface area (Å²) in [4.78, 5) is 25.1. The van der Waals surface area contributed by atoms with E-state index in [0.29, 0.717) is 5.69 Å². The third-order valence-corrected chi connectivity index (χ3v) is 4.12. The second kappa shape index (κ2) is 4.78. The lowest BCUT2D eigenvalue weighted by molar-refractivity contribution is 0.759. The highest BCUT2D eigenvalue weighted by atomic mass is 16.2. The van der Waals surface area contributed by atoms with Crippen LogP contribution in [0.4, 0.5) is 17.1 Å². The van der Waals surface area contributed by atoms with Crippen molar-refractivity contribution in [1.29, 1.82) is 0 Å². The van der Waals surface area contributed by atoms with Gasteiger partial charge < -0.3 is 10.6 Å². The van der Waals surface area contributed by atoms with E-state index in [4.69, 9.17) is 5.73 Å². The summed E-state index contributed by atoms with van der Waals surface area (Å²) in [5.74, 6) is 0. The fourth-order valence-electron chi connectivity index (χ4n) is 2.90. The van der Waals surface area contributed by atoms with Crippen molar-refractivity contribution in [2.24, 2.45) is 0 Å². The number of nitrogens with zero attached hydrogens (tertiary/aromatic N) is 1. The minimum Gasteiger partial charge on any atom is -0.394 e. The van der Waals surface area contributed by atoms with Crippen molar-refractivity contribution in [2.75, 3.05) is 17.2 Å². The lowest BCUT2D eigenvalue weighted by Gasteiger charge is -2.27. The quantitative estimate of drug-likeness (QED) is 0.847. The molecule has 0 unspecified atom stereocenters. The van der Waals surface area contributed by atoms with Gasteiger partial charge in [0.2, 0.25) is 0 Å². The molecule has 0 saturated carbocycles. The first-order valence-electron chi connectivity index (χ1n) is 7.11. The van der Waals surface area contributed by atoms with Crippen LogP contribution in [0.5, 0.6) is 0 Å². The van der Waals surface area contributed by atoms with Crippen LogP contribution in [0.3, 0.4) is 0 Å². The van der Waals surface area contributed by atoms with E-state index in [2.05, 4.69) is 25.1 Å². The molecule has 0 saturated heterocycles. The van der Waals surface area contributed by atoms with Crippen LogP contribution in [0, 0.1) is 0 Å². The Morgan fingerprint density at radius 3 is 2.70 bits per heavy atom. The molecule has 4 heteroatoms. The van der Waals surface area contributed by atoms with Crippen molar-refractivity contribution in [3.63, 3.8) is 0 Å². The predicted molar refractivity (Wildman–Crippen MR) is 81.5 cm³/mol. The summed E-state index contributed by atoms with van der Waals surface area (Å²) in [5, 5.41) is 0. The molecule has 0 aliphatic carbocycles. The molecule has 104 valence electrons. The van der Waals surface area contributed by atoms with E-state index < -0.39 is 10.9 Å². The summed E-state index contributed by atoms with van der Waals surface area (Å²) in [7, 11) is 0. The minimum absolute atomic E-state index is 0.116. The number of fused-ring (bicyclic) bond motifs is 1. The molecule has 0 aromatic heterocycles. The summed E-state index contributed by atoms with van der Waals surface area (Å²) in [6, 6.07) is 6.39. The lowest BCUT2D eigenvalue weighted by Crippen LogP contribution is -2.41. The normalized spacial score (nSPS) is 15.2. The molecule has 0 amide bonds. The van der Waals surface area contributed by atoms with Crippen LogP contribution in [0.1, 0.15) is 30.9 Å². The number of benzene rings is 1. The molecular weight excluding hydrogens is 252 g/mol. The Hall–Kier alpha value is -2.10. The van der Waals surface area contributed by atoms with E-state index in [-0.39, 0.29) is 5.69 Å². The van der Waals surface area contributed by atoms with Crippen molar-refractivity contribution >= 4 is 17.1 Å². The largest absolute Gasteiger partial charge is 0.394 e. The Kier molecular flexibility index (Phi) is 3.08. The molecule has 1 heterocycles. The van der Waals surface area contributed by atoms with Crippen molar-refractivity contribution < 1.29 is 0 Å². The molecule has 2 aromatic carbocycles. The van der Waals surface area contributed by atoms with Gasteiger partial charge in [0.25, 0.3) is 10.9 Å². The number of nitrogens with two attached hydrogens (primary N) is 1. The highest BCUT2D eigenvalue weighted by Crippen LogP contribution is 2.34. The molecule has 3 rings (SSSR count). The Morgan fingerprint density at radius 1 is 1.20 bits per heavy atom. The zero-order chi connectivity index (χ0) is 14.3. The summed E-state index contributed by atoms with van der Waals surface area (Å²) in [5.41, 5.74) is 8.75. The van der Waals surface area contributed by atoms with Gasteiger partial charge in [-0.3, -0.25) is 9.59 Å². The Balaban J connectivity index is 2.14. The molecule has 0 radical (unpaired) electrons. The van der Waals surface area contributed by atoms with Gasteiger partial charge in [-0.1, -0.05) is 19.1 Å². The number of hydrogen-bond donors (Lipinski definition) is 1. The molecule has 20 heavy (non-hydrogen) atoms. The second-order valence-electron chi connectivity index (χ2n) is 5.35. The Bertz CT molecular complexity index is 726. The smallest absolute Gasteiger partial charge is 0.253 e. The topological polar surface area (TPSA) is 63.4 Å². The van der Waals surface area contributed by atoms with Gasteiger partial charge in [0.05, 0.1) is 0 Å². The van der Waals surface area contributed by atoms with Gasteiger partial charge in [-0.15, -0.1) is 0 Å². The molecule has 4 nitrogen and oxygen atoms in total. The van der Waals surface area contributed by atoms with Gasteiger partial charge in [0.15, 0.2) is 0 Å². The van der Waals surface area contributed by atoms with Crippen LogP contribution < -0.4 is 21.5 Å². The number of rotatable bonds is 2. The summed E-state index contributed by atoms with van der Waals surface area (Å²) < 4.78 is 0. The average molecular weight is 270 g/mol. The van der Waals surface area contributed by atoms with Crippen molar-refractivity contribution in [3.05, 3.63) is 49.8 Å². The third kappa shape index (κ3) is 1.83. The number of anilines is 3. The van der Waals surface area contributed by atoms with Gasteiger partial charge >= 0.3 is 0 Å². The van der Waals surface area contributed by atoms with E-state index in [0.717, 1.165) is 37.9 Å². The van der Waals surface area contributed by atoms with E-state index in [1.807, 2.05) is 4.90 Å². The third-order valence-electron chi connectivity index (χ3n) is 4.12. The molecule has 1 aliphatic rings. The van der Waals surface area contributed by atoms with Crippen molar-refractivity contribution in [2.45, 2.75) is 32.6 Å². The lowest BCUT2D eigenvalue weighted by atomic mass is 10.0. The van der Waals surface area contributed by atoms with E-state index >= 15 is 0 Å². The molecule has 0 atom stereocenters. The van der Waals surface area contributed by atoms with Gasteiger partial charge in [-0.05, 0) is 42.9 Å². The first-order chi connectivity index (χ1) is 9.63. The molecular formula is C16H18N2O2. The molecule has 0 bridgehead atoms. The van der Waals surface area contributed by atoms with Crippen LogP contribution in [-0.2, 0) is 12.8 Å². The first-order valence-corrected chi connectivity index (χ1v) is 7.11. The van der Waals surface area contributed by atoms with Crippen molar-refractivity contribution in [1.82, 2.24) is 0 Å². The van der Waals surface area contributed by atoms with Gasteiger partial charge in [-0.2, -0.15) is 0 Å². The molecule has 2 aromatic rings. The standard InChI is InChI=1S/C16H18N2O2/c1-2-10-6-7-11-5-3-4-8-18(12(11)9-10)14-13(17)15(19)16(14)20/h6-7,9H,2-5,8,17H2,1H3. The van der Waals surface area contributed by atoms with Crippen LogP contribution in [0.2, 0.25) is 0 Å². The van der Waals surface area contributed by atoms with Gasteiger partial charge in [-0.25, -0.2) is 0 Å². The minimum atomic E-state index is -0.544. The maximum atomic E-state index is 11.8. The average Bonchev–Trinajstić information content (AvgIpc) is 2.69. The second-order valence-corrected chi connectivity index (χ2v) is 5.35. The molecule has 0 fully saturated rings. The highest BCUT2D eigenvalue weighted by Gasteiger charge is 2.27. The monoisotopic (exact) mass is 270 g/mol. The highest BCUT2D eigenvalue weighted by molar-refractivity contribution is 5.80. The molecule has 1 aliphatic heterocycles. The Morgan fingerprint density at radius 2 is 2.00 bits per heavy atom. The van der Waals surface area contributed by atoms with E-state index in [1.54, 1.807) is 0 Å². The maximum absolute atomic E-state index is 11.8. The van der Waals surface area contributed by atoms with E-state index in [9.17, 15) is 9.59 Å². The fourth-order valence-corrected chi connectivity index (χ4v) is 2.90. The SMILES string of the molecule is CCc1ccc2c(c1)N(c1c(N)c(=O)c1=O)CCCC2. The summed E-state index contributed by atoms with van der Waals surface area (Å²) in [6.45, 7) is 2.85. The molecule has 2 N–H and O–H groups in total. The van der Waals surface area contributed by atoms with Gasteiger partial charge in [0, 0.05) is 12.2 Å². The Labute approximate surface area is 117 Å². The molecule has 0 spiro atoms. The van der Waals surface area contributed by atoms with Gasteiger partial charge in [0.1, 0.15) is 11.4 Å². The summed E-state index contributed by atoms with van der Waals surface area (Å²) in [6.07, 6.45) is 4.03. The van der Waals surface area contributed by atoms with Crippen LogP contribution in [0.25, 0.3) is 0 Å². The van der Waals surface area contributed by atoms with Crippen LogP contribution >= 0.6 is 0 Å². The summed E-state index contributed by atoms with van der Waals surface area (Å²) >= 11 is 0. The maximum Gasteiger partial charge on any atom is 0.253 e. The number of aryl methyl sites for hydroxylation is 2. The number of hydrogen-bond acceptors (Lipinski definition) is 4. The van der Waals surface area contributed by atoms with Crippen molar-refractivity contribution in [3.8, 4) is 0 Å². The predicted octanol–water partition coefficient (Wildman–Crippen LogP) is 1.90. The zero-order valence-corrected chi connectivity index (χ0v) is 11.6.